The van der Waals surface area contributed by atoms with Gasteiger partial charge >= 0.3 is 18.4 Å². The van der Waals surface area contributed by atoms with Crippen LogP contribution in [-0.4, -0.2) is 65.5 Å². The Bertz CT molecular complexity index is 779. The fraction of sp³-hybridized carbons (Fsp3) is 0.647. The smallest absolute Gasteiger partial charge is 0.426 e. The van der Waals surface area contributed by atoms with E-state index < -0.39 is 30.0 Å². The molecule has 2 aliphatic rings. The largest absolute Gasteiger partial charge is 0.434 e. The zero-order valence-electron chi connectivity index (χ0n) is 15.7. The Hall–Kier alpha value is -2.60. The van der Waals surface area contributed by atoms with Crippen LogP contribution in [-0.2, 0) is 9.53 Å². The van der Waals surface area contributed by atoms with Crippen molar-refractivity contribution in [2.45, 2.75) is 37.7 Å². The molecule has 0 unspecified atom stereocenters. The molecule has 1 saturated heterocycles. The summed E-state index contributed by atoms with van der Waals surface area (Å²) in [6.07, 6.45) is -12.0. The van der Waals surface area contributed by atoms with Crippen molar-refractivity contribution in [3.8, 4) is 0 Å². The maximum atomic E-state index is 12.7. The normalized spacial score (nSPS) is 20.9. The monoisotopic (exact) mass is 440 g/mol. The number of alkyl halides is 6. The van der Waals surface area contributed by atoms with E-state index in [-0.39, 0.29) is 37.8 Å². The highest BCUT2D eigenvalue weighted by Gasteiger charge is 2.62. The van der Waals surface area contributed by atoms with Gasteiger partial charge in [-0.2, -0.15) is 26.3 Å². The molecule has 1 saturated carbocycles. The van der Waals surface area contributed by atoms with Gasteiger partial charge in [-0.25, -0.2) is 9.78 Å². The lowest BCUT2D eigenvalue weighted by atomic mass is 9.90. The van der Waals surface area contributed by atoms with E-state index in [9.17, 15) is 35.9 Å². The first-order valence-corrected chi connectivity index (χ1v) is 8.98. The van der Waals surface area contributed by atoms with Crippen LogP contribution in [0.25, 0.3) is 0 Å². The van der Waals surface area contributed by atoms with Gasteiger partial charge in [0, 0.05) is 38.4 Å². The van der Waals surface area contributed by atoms with Crippen molar-refractivity contribution in [3.05, 3.63) is 18.6 Å². The van der Waals surface area contributed by atoms with Crippen LogP contribution in [0.5, 0.6) is 0 Å². The van der Waals surface area contributed by atoms with Crippen LogP contribution in [0.15, 0.2) is 18.6 Å². The number of hydrogen-bond donors (Lipinski definition) is 0. The number of hydrogen-bond acceptors (Lipinski definition) is 5. The third-order valence-corrected chi connectivity index (χ3v) is 5.54. The van der Waals surface area contributed by atoms with E-state index in [0.717, 1.165) is 4.90 Å². The molecule has 30 heavy (non-hydrogen) atoms. The van der Waals surface area contributed by atoms with E-state index >= 15 is 0 Å². The molecular formula is C17H18F6N4O3. The maximum absolute atomic E-state index is 12.7. The van der Waals surface area contributed by atoms with Crippen LogP contribution in [0.3, 0.4) is 0 Å². The number of nitrogens with zero attached hydrogens (tertiary/aromatic N) is 4. The average molecular weight is 440 g/mol. The molecule has 1 spiro atoms. The minimum absolute atomic E-state index is 0.0973. The number of ether oxygens (including phenoxy) is 1. The number of rotatable bonds is 3. The lowest BCUT2D eigenvalue weighted by Crippen LogP contribution is -2.49. The zero-order chi connectivity index (χ0) is 22.3. The van der Waals surface area contributed by atoms with Crippen molar-refractivity contribution in [3.63, 3.8) is 0 Å². The lowest BCUT2D eigenvalue weighted by molar-refractivity contribution is -0.308. The highest BCUT2D eigenvalue weighted by atomic mass is 19.4. The predicted molar refractivity (Wildman–Crippen MR) is 89.2 cm³/mol. The Morgan fingerprint density at radius 2 is 1.77 bits per heavy atom. The summed E-state index contributed by atoms with van der Waals surface area (Å²) in [7, 11) is 1.54. The molecule has 0 N–H and O–H groups in total. The number of likely N-dealkylation sites (tertiary alicyclic amines) is 1. The number of halogens is 6. The molecule has 166 valence electrons. The van der Waals surface area contributed by atoms with Gasteiger partial charge in [0.1, 0.15) is 0 Å². The van der Waals surface area contributed by atoms with Crippen molar-refractivity contribution >= 4 is 17.8 Å². The molecule has 1 atom stereocenters. The second kappa shape index (κ2) is 7.58. The highest BCUT2D eigenvalue weighted by molar-refractivity contribution is 5.96. The fourth-order valence-corrected chi connectivity index (χ4v) is 3.69. The van der Waals surface area contributed by atoms with Crippen molar-refractivity contribution < 1.29 is 40.7 Å². The summed E-state index contributed by atoms with van der Waals surface area (Å²) in [5.41, 5.74) is -0.433. The van der Waals surface area contributed by atoms with E-state index in [1.54, 1.807) is 7.05 Å². The molecule has 2 fully saturated rings. The second-order valence-electron chi connectivity index (χ2n) is 7.41. The fourth-order valence-electron chi connectivity index (χ4n) is 3.69. The Morgan fingerprint density at radius 1 is 1.17 bits per heavy atom. The van der Waals surface area contributed by atoms with E-state index in [1.165, 1.54) is 23.5 Å². The third kappa shape index (κ3) is 4.43. The molecular weight excluding hydrogens is 422 g/mol. The minimum Gasteiger partial charge on any atom is -0.426 e. The summed E-state index contributed by atoms with van der Waals surface area (Å²) in [6, 6.07) is 0. The van der Waals surface area contributed by atoms with Crippen molar-refractivity contribution in [1.82, 2.24) is 14.9 Å². The summed E-state index contributed by atoms with van der Waals surface area (Å²) < 4.78 is 79.1. The number of amides is 2. The molecule has 0 aromatic carbocycles. The lowest BCUT2D eigenvalue weighted by Gasteiger charge is -2.34. The third-order valence-electron chi connectivity index (χ3n) is 5.54. The van der Waals surface area contributed by atoms with Crippen LogP contribution in [0.4, 0.5) is 37.0 Å². The number of carbonyl (C=O) groups excluding carboxylic acids is 2. The summed E-state index contributed by atoms with van der Waals surface area (Å²) >= 11 is 0. The molecule has 1 aromatic heterocycles. The van der Waals surface area contributed by atoms with Crippen LogP contribution < -0.4 is 4.90 Å². The summed E-state index contributed by atoms with van der Waals surface area (Å²) in [4.78, 5) is 34.6. The topological polar surface area (TPSA) is 75.6 Å². The van der Waals surface area contributed by atoms with E-state index in [1.807, 2.05) is 0 Å². The van der Waals surface area contributed by atoms with E-state index in [2.05, 4.69) is 14.7 Å². The van der Waals surface area contributed by atoms with E-state index in [4.69, 9.17) is 0 Å². The van der Waals surface area contributed by atoms with Crippen LogP contribution in [0.2, 0.25) is 0 Å². The van der Waals surface area contributed by atoms with Crippen LogP contribution in [0, 0.1) is 11.3 Å². The summed E-state index contributed by atoms with van der Waals surface area (Å²) in [6.45, 7) is -0.195. The van der Waals surface area contributed by atoms with Gasteiger partial charge in [-0.3, -0.25) is 14.7 Å². The maximum Gasteiger partial charge on any atom is 0.434 e. The molecule has 1 aromatic rings. The second-order valence-corrected chi connectivity index (χ2v) is 7.41. The predicted octanol–water partition coefficient (Wildman–Crippen LogP) is 3.17. The molecule has 3 rings (SSSR count). The van der Waals surface area contributed by atoms with Gasteiger partial charge < -0.3 is 9.64 Å². The number of piperidine rings is 1. The van der Waals surface area contributed by atoms with Crippen molar-refractivity contribution in [1.29, 1.82) is 0 Å². The Balaban J connectivity index is 1.56. The first kappa shape index (κ1) is 22.1. The van der Waals surface area contributed by atoms with Gasteiger partial charge in [-0.1, -0.05) is 0 Å². The first-order valence-electron chi connectivity index (χ1n) is 8.98. The molecule has 2 amide bonds. The summed E-state index contributed by atoms with van der Waals surface area (Å²) in [5, 5.41) is 0. The molecule has 0 bridgehead atoms. The van der Waals surface area contributed by atoms with Crippen LogP contribution in [0.1, 0.15) is 19.3 Å². The van der Waals surface area contributed by atoms with Gasteiger partial charge in [0.25, 0.3) is 6.10 Å². The van der Waals surface area contributed by atoms with Gasteiger partial charge in [-0.05, 0) is 24.7 Å². The molecule has 7 nitrogen and oxygen atoms in total. The SMILES string of the molecule is CN(C(=O)[C@@H]1CC12CCN(C(=O)OC(C(F)(F)F)C(F)(F)F)CC2)c1cnccn1. The number of anilines is 1. The number of carbonyl (C=O) groups is 2. The Morgan fingerprint density at radius 3 is 2.27 bits per heavy atom. The minimum atomic E-state index is -5.76. The van der Waals surface area contributed by atoms with Crippen molar-refractivity contribution in [2.75, 3.05) is 25.0 Å². The molecule has 1 aliphatic heterocycles. The highest BCUT2D eigenvalue weighted by Crippen LogP contribution is 2.60. The van der Waals surface area contributed by atoms with Gasteiger partial charge in [0.2, 0.25) is 5.91 Å². The van der Waals surface area contributed by atoms with Crippen LogP contribution >= 0.6 is 0 Å². The standard InChI is InChI=1S/C17H18F6N4O3/c1-26(11-9-24-4-5-25-11)12(28)10-8-15(10)2-6-27(7-3-15)14(29)30-13(16(18,19)20)17(21,22)23/h4-5,9-10,13H,2-3,6-8H2,1H3/t10-/m0/s1. The first-order chi connectivity index (χ1) is 13.8. The molecule has 13 heteroatoms. The molecule has 0 radical (unpaired) electrons. The van der Waals surface area contributed by atoms with Gasteiger partial charge in [-0.15, -0.1) is 0 Å². The van der Waals surface area contributed by atoms with Gasteiger partial charge in [0.05, 0.1) is 6.20 Å². The summed E-state index contributed by atoms with van der Waals surface area (Å²) in [5.74, 6) is -0.211. The quantitative estimate of drug-likeness (QED) is 0.675. The zero-order valence-corrected chi connectivity index (χ0v) is 15.7. The Labute approximate surface area is 167 Å². The number of aromatic nitrogens is 2. The Kier molecular flexibility index (Phi) is 5.58. The average Bonchev–Trinajstić information content (AvgIpc) is 3.37. The van der Waals surface area contributed by atoms with Crippen molar-refractivity contribution in [2.24, 2.45) is 11.3 Å². The molecule has 1 aliphatic carbocycles. The van der Waals surface area contributed by atoms with E-state index in [0.29, 0.717) is 12.2 Å². The van der Waals surface area contributed by atoms with Gasteiger partial charge in [0.15, 0.2) is 5.82 Å². The molecule has 2 heterocycles.